The summed E-state index contributed by atoms with van der Waals surface area (Å²) in [6, 6.07) is 4.36. The minimum absolute atomic E-state index is 0.250. The van der Waals surface area contributed by atoms with E-state index >= 15 is 0 Å². The first-order valence-corrected chi connectivity index (χ1v) is 6.81. The first kappa shape index (κ1) is 13.2. The first-order chi connectivity index (χ1) is 8.72. The van der Waals surface area contributed by atoms with E-state index in [-0.39, 0.29) is 6.04 Å². The zero-order valence-electron chi connectivity index (χ0n) is 10.7. The standard InChI is InChI=1S/C13H20N4S/c1-2-12(13(14)18)17-9-7-16(8-10-17)11-3-5-15-6-4-11/h3-6,12H,2,7-10H2,1H3,(H2,14,18). The van der Waals surface area contributed by atoms with Gasteiger partial charge in [0.1, 0.15) is 0 Å². The Morgan fingerprint density at radius 1 is 1.33 bits per heavy atom. The molecule has 5 heteroatoms. The van der Waals surface area contributed by atoms with E-state index in [1.54, 1.807) is 0 Å². The molecular weight excluding hydrogens is 244 g/mol. The van der Waals surface area contributed by atoms with Crippen LogP contribution in [0, 0.1) is 0 Å². The fraction of sp³-hybridized carbons (Fsp3) is 0.538. The zero-order chi connectivity index (χ0) is 13.0. The number of aromatic nitrogens is 1. The Kier molecular flexibility index (Phi) is 4.49. The number of hydrogen-bond donors (Lipinski definition) is 1. The number of thiocarbonyl (C=S) groups is 1. The normalized spacial score (nSPS) is 18.6. The van der Waals surface area contributed by atoms with E-state index < -0.39 is 0 Å². The van der Waals surface area contributed by atoms with E-state index in [4.69, 9.17) is 18.0 Å². The Morgan fingerprint density at radius 2 is 1.94 bits per heavy atom. The lowest BCUT2D eigenvalue weighted by atomic mass is 10.1. The second-order valence-corrected chi connectivity index (χ2v) is 5.03. The van der Waals surface area contributed by atoms with E-state index in [9.17, 15) is 0 Å². The van der Waals surface area contributed by atoms with Gasteiger partial charge in [-0.25, -0.2) is 0 Å². The predicted molar refractivity (Wildman–Crippen MR) is 78.9 cm³/mol. The number of piperazine rings is 1. The van der Waals surface area contributed by atoms with Gasteiger partial charge in [-0.05, 0) is 18.6 Å². The predicted octanol–water partition coefficient (Wildman–Crippen LogP) is 1.27. The fourth-order valence-electron chi connectivity index (χ4n) is 2.49. The van der Waals surface area contributed by atoms with Crippen LogP contribution in [0.15, 0.2) is 24.5 Å². The summed E-state index contributed by atoms with van der Waals surface area (Å²) in [6.07, 6.45) is 4.67. The van der Waals surface area contributed by atoms with Crippen molar-refractivity contribution in [3.05, 3.63) is 24.5 Å². The average molecular weight is 264 g/mol. The van der Waals surface area contributed by atoms with Crippen LogP contribution in [0.3, 0.4) is 0 Å². The lowest BCUT2D eigenvalue weighted by Crippen LogP contribution is -2.53. The third-order valence-electron chi connectivity index (χ3n) is 3.50. The number of nitrogens with zero attached hydrogens (tertiary/aromatic N) is 3. The number of pyridine rings is 1. The maximum atomic E-state index is 5.79. The Balaban J connectivity index is 1.94. The van der Waals surface area contributed by atoms with Crippen molar-refractivity contribution in [3.63, 3.8) is 0 Å². The van der Waals surface area contributed by atoms with Crippen LogP contribution in [0.25, 0.3) is 0 Å². The molecule has 2 N–H and O–H groups in total. The highest BCUT2D eigenvalue weighted by Crippen LogP contribution is 2.16. The molecule has 0 aliphatic carbocycles. The molecule has 0 spiro atoms. The summed E-state index contributed by atoms with van der Waals surface area (Å²) in [6.45, 7) is 6.20. The molecule has 0 saturated carbocycles. The van der Waals surface area contributed by atoms with Crippen LogP contribution < -0.4 is 10.6 Å². The van der Waals surface area contributed by atoms with Gasteiger partial charge in [-0.15, -0.1) is 0 Å². The number of hydrogen-bond acceptors (Lipinski definition) is 4. The minimum Gasteiger partial charge on any atom is -0.392 e. The van der Waals surface area contributed by atoms with Crippen LogP contribution in [-0.2, 0) is 0 Å². The fourth-order valence-corrected chi connectivity index (χ4v) is 2.80. The summed E-state index contributed by atoms with van der Waals surface area (Å²) in [5.74, 6) is 0. The highest BCUT2D eigenvalue weighted by Gasteiger charge is 2.24. The summed E-state index contributed by atoms with van der Waals surface area (Å²) in [4.78, 5) is 9.44. The van der Waals surface area contributed by atoms with Gasteiger partial charge < -0.3 is 10.6 Å². The second kappa shape index (κ2) is 6.11. The molecule has 2 heterocycles. The molecule has 1 unspecified atom stereocenters. The molecule has 0 bridgehead atoms. The number of nitrogens with two attached hydrogens (primary N) is 1. The van der Waals surface area contributed by atoms with Gasteiger partial charge in [-0.2, -0.15) is 0 Å². The van der Waals surface area contributed by atoms with Gasteiger partial charge in [-0.1, -0.05) is 19.1 Å². The van der Waals surface area contributed by atoms with Crippen molar-refractivity contribution in [1.29, 1.82) is 0 Å². The molecule has 1 aliphatic rings. The van der Waals surface area contributed by atoms with Crippen molar-refractivity contribution < 1.29 is 0 Å². The molecule has 0 aromatic carbocycles. The third kappa shape index (κ3) is 2.97. The van der Waals surface area contributed by atoms with Gasteiger partial charge in [-0.3, -0.25) is 9.88 Å². The van der Waals surface area contributed by atoms with Crippen LogP contribution >= 0.6 is 12.2 Å². The van der Waals surface area contributed by atoms with Crippen molar-refractivity contribution in [2.45, 2.75) is 19.4 Å². The maximum Gasteiger partial charge on any atom is 0.0901 e. The molecule has 2 rings (SSSR count). The summed E-state index contributed by atoms with van der Waals surface area (Å²) < 4.78 is 0. The molecule has 1 aliphatic heterocycles. The molecule has 18 heavy (non-hydrogen) atoms. The van der Waals surface area contributed by atoms with Crippen molar-refractivity contribution in [3.8, 4) is 0 Å². The van der Waals surface area contributed by atoms with E-state index in [1.165, 1.54) is 5.69 Å². The highest BCUT2D eigenvalue weighted by atomic mass is 32.1. The summed E-state index contributed by atoms with van der Waals surface area (Å²) in [5.41, 5.74) is 7.04. The van der Waals surface area contributed by atoms with E-state index in [0.29, 0.717) is 4.99 Å². The van der Waals surface area contributed by atoms with Crippen molar-refractivity contribution in [1.82, 2.24) is 9.88 Å². The van der Waals surface area contributed by atoms with Gasteiger partial charge in [0, 0.05) is 44.3 Å². The third-order valence-corrected chi connectivity index (χ3v) is 3.77. The Morgan fingerprint density at radius 3 is 2.44 bits per heavy atom. The topological polar surface area (TPSA) is 45.4 Å². The SMILES string of the molecule is CCC(C(N)=S)N1CCN(c2ccncc2)CC1. The molecule has 0 amide bonds. The molecule has 98 valence electrons. The van der Waals surface area contributed by atoms with Crippen molar-refractivity contribution in [2.75, 3.05) is 31.1 Å². The minimum atomic E-state index is 0.250. The molecule has 1 aromatic heterocycles. The largest absolute Gasteiger partial charge is 0.392 e. The van der Waals surface area contributed by atoms with Gasteiger partial charge in [0.15, 0.2) is 0 Å². The Hall–Kier alpha value is -1.20. The van der Waals surface area contributed by atoms with Gasteiger partial charge >= 0.3 is 0 Å². The maximum absolute atomic E-state index is 5.79. The highest BCUT2D eigenvalue weighted by molar-refractivity contribution is 7.80. The Labute approximate surface area is 114 Å². The van der Waals surface area contributed by atoms with Gasteiger partial charge in [0.2, 0.25) is 0 Å². The molecule has 0 radical (unpaired) electrons. The van der Waals surface area contributed by atoms with Crippen LogP contribution in [-0.4, -0.2) is 47.1 Å². The quantitative estimate of drug-likeness (QED) is 0.830. The lowest BCUT2D eigenvalue weighted by Gasteiger charge is -2.39. The summed E-state index contributed by atoms with van der Waals surface area (Å²) in [5, 5.41) is 0. The van der Waals surface area contributed by atoms with Crippen LogP contribution in [0.5, 0.6) is 0 Å². The van der Waals surface area contributed by atoms with Gasteiger partial charge in [0.25, 0.3) is 0 Å². The van der Waals surface area contributed by atoms with E-state index in [1.807, 2.05) is 12.4 Å². The summed E-state index contributed by atoms with van der Waals surface area (Å²) >= 11 is 5.13. The van der Waals surface area contributed by atoms with Crippen molar-refractivity contribution in [2.24, 2.45) is 5.73 Å². The number of anilines is 1. The van der Waals surface area contributed by atoms with Crippen LogP contribution in [0.4, 0.5) is 5.69 Å². The molecular formula is C13H20N4S. The zero-order valence-corrected chi connectivity index (χ0v) is 11.6. The Bertz CT molecular complexity index is 387. The molecule has 1 fully saturated rings. The number of rotatable bonds is 4. The molecule has 1 aromatic rings. The van der Waals surface area contributed by atoms with Crippen LogP contribution in [0.1, 0.15) is 13.3 Å². The first-order valence-electron chi connectivity index (χ1n) is 6.40. The summed E-state index contributed by atoms with van der Waals surface area (Å²) in [7, 11) is 0. The van der Waals surface area contributed by atoms with Gasteiger partial charge in [0.05, 0.1) is 11.0 Å². The monoisotopic (exact) mass is 264 g/mol. The molecule has 1 atom stereocenters. The van der Waals surface area contributed by atoms with Crippen molar-refractivity contribution >= 4 is 22.9 Å². The lowest BCUT2D eigenvalue weighted by molar-refractivity contribution is 0.224. The smallest absolute Gasteiger partial charge is 0.0901 e. The average Bonchev–Trinajstić information content (AvgIpc) is 2.41. The molecule has 1 saturated heterocycles. The van der Waals surface area contributed by atoms with Crippen LogP contribution in [0.2, 0.25) is 0 Å². The van der Waals surface area contributed by atoms with E-state index in [2.05, 4.69) is 33.8 Å². The molecule has 4 nitrogen and oxygen atoms in total. The second-order valence-electron chi connectivity index (χ2n) is 4.55. The van der Waals surface area contributed by atoms with E-state index in [0.717, 1.165) is 32.6 Å².